The van der Waals surface area contributed by atoms with Crippen molar-refractivity contribution in [2.45, 2.75) is 13.1 Å². The average Bonchev–Trinajstić information content (AvgIpc) is 3.59. The smallest absolute Gasteiger partial charge is 0.320 e. The van der Waals surface area contributed by atoms with Crippen molar-refractivity contribution >= 4 is 17.5 Å². The lowest BCUT2D eigenvalue weighted by atomic mass is 10.1. The number of urea groups is 1. The Labute approximate surface area is 202 Å². The molecule has 4 heterocycles. The van der Waals surface area contributed by atoms with E-state index >= 15 is 0 Å². The third-order valence-electron chi connectivity index (χ3n) is 6.38. The number of H-pyrrole nitrogens is 1. The van der Waals surface area contributed by atoms with Crippen LogP contribution in [0.1, 0.15) is 11.1 Å². The number of anilines is 2. The molecule has 2 aromatic heterocycles. The van der Waals surface area contributed by atoms with Crippen molar-refractivity contribution < 1.29 is 9.53 Å². The summed E-state index contributed by atoms with van der Waals surface area (Å²) in [7, 11) is 0. The van der Waals surface area contributed by atoms with Crippen LogP contribution in [0.5, 0.6) is 0 Å². The molecule has 2 amide bonds. The zero-order valence-corrected chi connectivity index (χ0v) is 19.1. The quantitative estimate of drug-likeness (QED) is 0.470. The van der Waals surface area contributed by atoms with Gasteiger partial charge in [-0.1, -0.05) is 24.3 Å². The molecule has 0 unspecified atom stereocenters. The van der Waals surface area contributed by atoms with E-state index in [4.69, 9.17) is 9.72 Å². The number of ether oxygens (including phenoxy) is 1. The molecule has 35 heavy (non-hydrogen) atoms. The summed E-state index contributed by atoms with van der Waals surface area (Å²) in [5.74, 6) is 1.36. The zero-order valence-electron chi connectivity index (χ0n) is 19.1. The first-order valence-electron chi connectivity index (χ1n) is 11.7. The van der Waals surface area contributed by atoms with Crippen molar-refractivity contribution in [1.82, 2.24) is 30.0 Å². The van der Waals surface area contributed by atoms with Gasteiger partial charge in [-0.3, -0.25) is 5.10 Å². The minimum absolute atomic E-state index is 0.0762. The molecule has 0 aliphatic carbocycles. The summed E-state index contributed by atoms with van der Waals surface area (Å²) in [6, 6.07) is 16.2. The highest BCUT2D eigenvalue weighted by Crippen LogP contribution is 2.29. The lowest BCUT2D eigenvalue weighted by Gasteiger charge is -2.30. The van der Waals surface area contributed by atoms with Gasteiger partial charge in [0.25, 0.3) is 0 Å². The fraction of sp³-hybridized carbons (Fsp3) is 0.231. The van der Waals surface area contributed by atoms with Crippen LogP contribution < -0.4 is 5.32 Å². The molecule has 9 nitrogen and oxygen atoms in total. The summed E-state index contributed by atoms with van der Waals surface area (Å²) in [4.78, 5) is 25.9. The molecule has 0 bridgehead atoms. The van der Waals surface area contributed by atoms with E-state index in [9.17, 15) is 4.79 Å². The van der Waals surface area contributed by atoms with Gasteiger partial charge in [-0.25, -0.2) is 14.8 Å². The van der Waals surface area contributed by atoms with Gasteiger partial charge in [0.1, 0.15) is 5.82 Å². The number of carbonyl (C=O) groups excluding carboxylic acids is 1. The third-order valence-corrected chi connectivity index (χ3v) is 6.38. The highest BCUT2D eigenvalue weighted by molar-refractivity contribution is 5.76. The number of nitrogens with one attached hydrogen (secondary N) is 2. The van der Waals surface area contributed by atoms with Crippen LogP contribution in [0.3, 0.4) is 0 Å². The molecule has 2 aliphatic heterocycles. The summed E-state index contributed by atoms with van der Waals surface area (Å²) < 4.78 is 5.37. The van der Waals surface area contributed by atoms with Gasteiger partial charge in [-0.2, -0.15) is 5.10 Å². The monoisotopic (exact) mass is 467 g/mol. The van der Waals surface area contributed by atoms with Crippen LogP contribution in [-0.4, -0.2) is 62.3 Å². The average molecular weight is 468 g/mol. The molecule has 2 aromatic carbocycles. The standard InChI is InChI=1S/C26H25N7O2/c34-26(32-9-11-35-12-10-32)33-16-20-2-1-19(13-21(20)17-33)25-27-8-7-24(31-25)30-23-5-3-18(4-6-23)22-14-28-29-15-22/h1-8,13-15H,9-12,16-17H2,(H,28,29)(H,27,30,31). The predicted molar refractivity (Wildman–Crippen MR) is 132 cm³/mol. The highest BCUT2D eigenvalue weighted by atomic mass is 16.5. The number of fused-ring (bicyclic) bond motifs is 1. The van der Waals surface area contributed by atoms with Crippen molar-refractivity contribution in [3.63, 3.8) is 0 Å². The van der Waals surface area contributed by atoms with E-state index in [0.717, 1.165) is 33.8 Å². The molecule has 0 radical (unpaired) electrons. The Kier molecular flexibility index (Phi) is 5.59. The summed E-state index contributed by atoms with van der Waals surface area (Å²) in [5.41, 5.74) is 6.31. The maximum Gasteiger partial charge on any atom is 0.320 e. The number of benzene rings is 2. The summed E-state index contributed by atoms with van der Waals surface area (Å²) >= 11 is 0. The first-order valence-corrected chi connectivity index (χ1v) is 11.7. The molecule has 176 valence electrons. The van der Waals surface area contributed by atoms with Gasteiger partial charge < -0.3 is 19.9 Å². The largest absolute Gasteiger partial charge is 0.378 e. The van der Waals surface area contributed by atoms with Crippen LogP contribution in [0.15, 0.2) is 67.1 Å². The molecule has 0 atom stereocenters. The zero-order chi connectivity index (χ0) is 23.6. The Morgan fingerprint density at radius 2 is 1.71 bits per heavy atom. The number of aromatic nitrogens is 4. The second-order valence-electron chi connectivity index (χ2n) is 8.68. The van der Waals surface area contributed by atoms with Gasteiger partial charge in [-0.15, -0.1) is 0 Å². The van der Waals surface area contributed by atoms with Crippen LogP contribution in [0.2, 0.25) is 0 Å². The third kappa shape index (κ3) is 4.45. The molecule has 2 aliphatic rings. The van der Waals surface area contributed by atoms with Gasteiger partial charge in [0.2, 0.25) is 0 Å². The van der Waals surface area contributed by atoms with Gasteiger partial charge in [-0.05, 0) is 41.0 Å². The van der Waals surface area contributed by atoms with Crippen LogP contribution in [0.25, 0.3) is 22.5 Å². The number of aromatic amines is 1. The van der Waals surface area contributed by atoms with Crippen LogP contribution in [0.4, 0.5) is 16.3 Å². The summed E-state index contributed by atoms with van der Waals surface area (Å²) in [6.45, 7) is 3.73. The Balaban J connectivity index is 1.16. The molecule has 0 spiro atoms. The van der Waals surface area contributed by atoms with E-state index in [-0.39, 0.29) is 6.03 Å². The first kappa shape index (κ1) is 21.3. The number of carbonyl (C=O) groups is 1. The van der Waals surface area contributed by atoms with E-state index in [0.29, 0.717) is 45.2 Å². The SMILES string of the molecule is O=C(N1CCOCC1)N1Cc2ccc(-c3nccc(Nc4ccc(-c5cn[nH]c5)cc4)n3)cc2C1. The van der Waals surface area contributed by atoms with E-state index in [1.807, 2.05) is 52.4 Å². The van der Waals surface area contributed by atoms with Gasteiger partial charge >= 0.3 is 6.03 Å². The normalized spacial score (nSPS) is 15.2. The number of hydrogen-bond acceptors (Lipinski definition) is 6. The van der Waals surface area contributed by atoms with Gasteiger partial charge in [0.15, 0.2) is 5.82 Å². The second-order valence-corrected chi connectivity index (χ2v) is 8.68. The van der Waals surface area contributed by atoms with E-state index in [2.05, 4.69) is 32.6 Å². The summed E-state index contributed by atoms with van der Waals surface area (Å²) in [6.07, 6.45) is 5.42. The van der Waals surface area contributed by atoms with Crippen molar-refractivity contribution in [3.8, 4) is 22.5 Å². The number of morpholine rings is 1. The molecule has 1 saturated heterocycles. The number of amides is 2. The lowest BCUT2D eigenvalue weighted by molar-refractivity contribution is 0.0430. The van der Waals surface area contributed by atoms with Crippen molar-refractivity contribution in [3.05, 3.63) is 78.2 Å². The van der Waals surface area contributed by atoms with Crippen molar-refractivity contribution in [1.29, 1.82) is 0 Å². The Hall–Kier alpha value is -4.24. The molecule has 4 aromatic rings. The van der Waals surface area contributed by atoms with E-state index in [1.54, 1.807) is 12.4 Å². The fourth-order valence-electron chi connectivity index (χ4n) is 4.49. The van der Waals surface area contributed by atoms with Crippen LogP contribution in [-0.2, 0) is 17.8 Å². The molecular formula is C26H25N7O2. The first-order chi connectivity index (χ1) is 17.2. The number of hydrogen-bond donors (Lipinski definition) is 2. The van der Waals surface area contributed by atoms with Crippen LogP contribution in [0, 0.1) is 0 Å². The lowest BCUT2D eigenvalue weighted by Crippen LogP contribution is -2.46. The maximum atomic E-state index is 12.9. The van der Waals surface area contributed by atoms with Crippen molar-refractivity contribution in [2.24, 2.45) is 0 Å². The van der Waals surface area contributed by atoms with Crippen LogP contribution >= 0.6 is 0 Å². The molecule has 6 rings (SSSR count). The highest BCUT2D eigenvalue weighted by Gasteiger charge is 2.28. The Morgan fingerprint density at radius 1 is 0.914 bits per heavy atom. The minimum Gasteiger partial charge on any atom is -0.378 e. The van der Waals surface area contributed by atoms with Gasteiger partial charge in [0, 0.05) is 55.4 Å². The Bertz CT molecular complexity index is 1330. The fourth-order valence-corrected chi connectivity index (χ4v) is 4.49. The topological polar surface area (TPSA) is 99.3 Å². The van der Waals surface area contributed by atoms with Crippen molar-refractivity contribution in [2.75, 3.05) is 31.6 Å². The molecule has 2 N–H and O–H groups in total. The number of nitrogens with zero attached hydrogens (tertiary/aromatic N) is 5. The predicted octanol–water partition coefficient (Wildman–Crippen LogP) is 4.05. The van der Waals surface area contributed by atoms with E-state index in [1.165, 1.54) is 5.56 Å². The second kappa shape index (κ2) is 9.19. The maximum absolute atomic E-state index is 12.9. The summed E-state index contributed by atoms with van der Waals surface area (Å²) in [5, 5.41) is 10.2. The van der Waals surface area contributed by atoms with Gasteiger partial charge in [0.05, 0.1) is 19.4 Å². The van der Waals surface area contributed by atoms with E-state index < -0.39 is 0 Å². The number of rotatable bonds is 4. The molecule has 0 saturated carbocycles. The molecule has 1 fully saturated rings. The molecular weight excluding hydrogens is 442 g/mol. The minimum atomic E-state index is 0.0762. The Morgan fingerprint density at radius 3 is 2.51 bits per heavy atom. The molecule has 9 heteroatoms.